The zero-order valence-electron chi connectivity index (χ0n) is 11.4. The number of rotatable bonds is 4. The van der Waals surface area contributed by atoms with E-state index < -0.39 is 0 Å². The molecule has 0 aliphatic heterocycles. The monoisotopic (exact) mass is 315 g/mol. The lowest BCUT2D eigenvalue weighted by Gasteiger charge is -2.41. The lowest BCUT2D eigenvalue weighted by Crippen LogP contribution is -2.48. The molecule has 0 bridgehead atoms. The molecule has 1 amide bonds. The Kier molecular flexibility index (Phi) is 6.00. The Hall–Kier alpha value is -0.0500. The molecule has 2 aliphatic carbocycles. The van der Waals surface area contributed by atoms with Crippen molar-refractivity contribution in [1.29, 1.82) is 0 Å². The van der Waals surface area contributed by atoms with E-state index in [1.807, 2.05) is 0 Å². The normalized spacial score (nSPS) is 22.9. The maximum atomic E-state index is 12.4. The fourth-order valence-corrected chi connectivity index (χ4v) is 3.97. The van der Waals surface area contributed by atoms with Crippen molar-refractivity contribution in [3.05, 3.63) is 0 Å². The van der Waals surface area contributed by atoms with E-state index in [0.717, 1.165) is 5.33 Å². The zero-order chi connectivity index (χ0) is 12.8. The maximum Gasteiger partial charge on any atom is 0.223 e. The van der Waals surface area contributed by atoms with E-state index in [4.69, 9.17) is 0 Å². The van der Waals surface area contributed by atoms with Crippen molar-refractivity contribution in [2.45, 2.75) is 82.7 Å². The number of hydrogen-bond acceptors (Lipinski definition) is 1. The summed E-state index contributed by atoms with van der Waals surface area (Å²) < 4.78 is 0. The van der Waals surface area contributed by atoms with Crippen molar-refractivity contribution in [3.63, 3.8) is 0 Å². The molecule has 0 aromatic rings. The lowest BCUT2D eigenvalue weighted by atomic mass is 9.88. The molecule has 0 spiro atoms. The van der Waals surface area contributed by atoms with Crippen molar-refractivity contribution in [2.24, 2.45) is 0 Å². The van der Waals surface area contributed by atoms with Gasteiger partial charge in [0.15, 0.2) is 0 Å². The molecule has 18 heavy (non-hydrogen) atoms. The third-order valence-corrected chi connectivity index (χ3v) is 4.93. The molecule has 0 saturated heterocycles. The summed E-state index contributed by atoms with van der Waals surface area (Å²) in [6, 6.07) is 1.10. The van der Waals surface area contributed by atoms with Gasteiger partial charge >= 0.3 is 0 Å². The third-order valence-electron chi connectivity index (χ3n) is 4.53. The van der Waals surface area contributed by atoms with Gasteiger partial charge in [-0.2, -0.15) is 0 Å². The fourth-order valence-electron chi connectivity index (χ4n) is 3.63. The Labute approximate surface area is 120 Å². The second-order valence-corrected chi connectivity index (χ2v) is 6.62. The molecule has 104 valence electrons. The second-order valence-electron chi connectivity index (χ2n) is 5.82. The summed E-state index contributed by atoms with van der Waals surface area (Å²) in [5.41, 5.74) is 0. The van der Waals surface area contributed by atoms with E-state index in [9.17, 15) is 4.79 Å². The van der Waals surface area contributed by atoms with Crippen molar-refractivity contribution in [1.82, 2.24) is 4.90 Å². The van der Waals surface area contributed by atoms with Crippen LogP contribution in [0.15, 0.2) is 0 Å². The molecule has 0 unspecified atom stereocenters. The summed E-state index contributed by atoms with van der Waals surface area (Å²) in [5.74, 6) is 0.394. The molecule has 2 aliphatic rings. The van der Waals surface area contributed by atoms with Crippen LogP contribution >= 0.6 is 15.9 Å². The molecule has 0 N–H and O–H groups in total. The molecule has 0 atom stereocenters. The maximum absolute atomic E-state index is 12.4. The smallest absolute Gasteiger partial charge is 0.223 e. The molecule has 0 aromatic heterocycles. The Balaban J connectivity index is 2.02. The predicted molar refractivity (Wildman–Crippen MR) is 79.0 cm³/mol. The van der Waals surface area contributed by atoms with Crippen LogP contribution in [-0.2, 0) is 4.79 Å². The number of hydrogen-bond donors (Lipinski definition) is 0. The number of halogens is 1. The van der Waals surface area contributed by atoms with Crippen molar-refractivity contribution in [2.75, 3.05) is 5.33 Å². The van der Waals surface area contributed by atoms with Gasteiger partial charge in [-0.05, 0) is 25.7 Å². The number of alkyl halides is 1. The van der Waals surface area contributed by atoms with Gasteiger partial charge in [-0.15, -0.1) is 0 Å². The largest absolute Gasteiger partial charge is 0.337 e. The van der Waals surface area contributed by atoms with Gasteiger partial charge in [-0.3, -0.25) is 4.79 Å². The highest BCUT2D eigenvalue weighted by molar-refractivity contribution is 9.09. The fraction of sp³-hybridized carbons (Fsp3) is 0.933. The zero-order valence-corrected chi connectivity index (χ0v) is 13.0. The van der Waals surface area contributed by atoms with Crippen LogP contribution in [-0.4, -0.2) is 28.2 Å². The Morgan fingerprint density at radius 3 is 1.72 bits per heavy atom. The number of amides is 1. The highest BCUT2D eigenvalue weighted by Gasteiger charge is 2.31. The van der Waals surface area contributed by atoms with Crippen LogP contribution in [0.25, 0.3) is 0 Å². The van der Waals surface area contributed by atoms with E-state index in [1.54, 1.807) is 0 Å². The number of carbonyl (C=O) groups excluding carboxylic acids is 1. The summed E-state index contributed by atoms with van der Waals surface area (Å²) in [5, 5.41) is 0.807. The third kappa shape index (κ3) is 3.72. The molecular formula is C15H26BrNO. The molecular weight excluding hydrogens is 290 g/mol. The minimum atomic E-state index is 0.394. The highest BCUT2D eigenvalue weighted by atomic mass is 79.9. The van der Waals surface area contributed by atoms with Gasteiger partial charge in [-0.25, -0.2) is 0 Å². The minimum absolute atomic E-state index is 0.394. The number of nitrogens with zero attached hydrogens (tertiary/aromatic N) is 1. The van der Waals surface area contributed by atoms with Gasteiger partial charge in [0.1, 0.15) is 0 Å². The SMILES string of the molecule is O=C(CCBr)N(C1CCCCC1)C1CCCCC1. The van der Waals surface area contributed by atoms with Crippen LogP contribution < -0.4 is 0 Å². The lowest BCUT2D eigenvalue weighted by molar-refractivity contribution is -0.137. The average Bonchev–Trinajstić information content (AvgIpc) is 2.42. The van der Waals surface area contributed by atoms with Crippen LogP contribution in [0.4, 0.5) is 0 Å². The molecule has 2 saturated carbocycles. The van der Waals surface area contributed by atoms with Crippen molar-refractivity contribution >= 4 is 21.8 Å². The van der Waals surface area contributed by atoms with E-state index >= 15 is 0 Å². The quantitative estimate of drug-likeness (QED) is 0.710. The molecule has 0 aromatic carbocycles. The van der Waals surface area contributed by atoms with Crippen LogP contribution in [0, 0.1) is 0 Å². The van der Waals surface area contributed by atoms with Gasteiger partial charge in [0.25, 0.3) is 0 Å². The second kappa shape index (κ2) is 7.52. The van der Waals surface area contributed by atoms with E-state index in [-0.39, 0.29) is 0 Å². The molecule has 3 heteroatoms. The first-order valence-corrected chi connectivity index (χ1v) is 8.82. The first-order chi connectivity index (χ1) is 8.83. The van der Waals surface area contributed by atoms with E-state index in [1.165, 1.54) is 64.2 Å². The van der Waals surface area contributed by atoms with Gasteiger partial charge in [0.2, 0.25) is 5.91 Å². The molecule has 0 radical (unpaired) electrons. The summed E-state index contributed by atoms with van der Waals surface area (Å²) >= 11 is 3.42. The topological polar surface area (TPSA) is 20.3 Å². The summed E-state index contributed by atoms with van der Waals surface area (Å²) in [7, 11) is 0. The first kappa shape index (κ1) is 14.4. The Morgan fingerprint density at radius 2 is 1.33 bits per heavy atom. The summed E-state index contributed by atoms with van der Waals surface area (Å²) in [6.45, 7) is 0. The van der Waals surface area contributed by atoms with Gasteiger partial charge < -0.3 is 4.90 Å². The van der Waals surface area contributed by atoms with Crippen LogP contribution in [0.2, 0.25) is 0 Å². The molecule has 2 rings (SSSR count). The molecule has 2 nitrogen and oxygen atoms in total. The summed E-state index contributed by atoms with van der Waals surface area (Å²) in [4.78, 5) is 14.7. The van der Waals surface area contributed by atoms with Crippen LogP contribution in [0.1, 0.15) is 70.6 Å². The number of carbonyl (C=O) groups is 1. The van der Waals surface area contributed by atoms with Crippen LogP contribution in [0.3, 0.4) is 0 Å². The van der Waals surface area contributed by atoms with Gasteiger partial charge in [0.05, 0.1) is 0 Å². The van der Waals surface area contributed by atoms with Crippen molar-refractivity contribution < 1.29 is 4.79 Å². The highest BCUT2D eigenvalue weighted by Crippen LogP contribution is 2.30. The van der Waals surface area contributed by atoms with Gasteiger partial charge in [-0.1, -0.05) is 54.5 Å². The molecule has 0 heterocycles. The Morgan fingerprint density at radius 1 is 0.889 bits per heavy atom. The Bertz CT molecular complexity index is 239. The standard InChI is InChI=1S/C15H26BrNO/c16-12-11-15(18)17(13-7-3-1-4-8-13)14-9-5-2-6-10-14/h13-14H,1-12H2. The predicted octanol–water partition coefficient (Wildman–Crippen LogP) is 4.27. The average molecular weight is 316 g/mol. The minimum Gasteiger partial charge on any atom is -0.337 e. The molecule has 2 fully saturated rings. The van der Waals surface area contributed by atoms with E-state index in [2.05, 4.69) is 20.8 Å². The van der Waals surface area contributed by atoms with Crippen molar-refractivity contribution in [3.8, 4) is 0 Å². The first-order valence-electron chi connectivity index (χ1n) is 7.70. The van der Waals surface area contributed by atoms with Gasteiger partial charge in [0, 0.05) is 23.8 Å². The van der Waals surface area contributed by atoms with Crippen LogP contribution in [0.5, 0.6) is 0 Å². The summed E-state index contributed by atoms with van der Waals surface area (Å²) in [6.07, 6.45) is 13.6. The van der Waals surface area contributed by atoms with E-state index in [0.29, 0.717) is 24.4 Å².